The Labute approximate surface area is 209 Å². The van der Waals surface area contributed by atoms with Gasteiger partial charge in [0.1, 0.15) is 5.58 Å². The lowest BCUT2D eigenvalue weighted by molar-refractivity contribution is 0.641. The van der Waals surface area contributed by atoms with E-state index in [-0.39, 0.29) is 33.7 Å². The van der Waals surface area contributed by atoms with Crippen LogP contribution in [0.5, 0.6) is 0 Å². The van der Waals surface area contributed by atoms with Crippen molar-refractivity contribution in [2.75, 3.05) is 0 Å². The van der Waals surface area contributed by atoms with Crippen LogP contribution in [-0.2, 0) is 0 Å². The second kappa shape index (κ2) is 8.47. The van der Waals surface area contributed by atoms with Crippen LogP contribution in [-0.4, -0.2) is 9.97 Å². The minimum atomic E-state index is -2.60. The SMILES string of the molecule is [2H]C([2H])([2H])c1ccc2c(n1)oc1c(-c3cc(-c4ccc(C([2H])(CC)CC)cc4C([2H])([2H])[2H])c(C([2H])([2H])[2H])cn3)cccc12. The van der Waals surface area contributed by atoms with E-state index in [0.29, 0.717) is 46.0 Å². The lowest BCUT2D eigenvalue weighted by atomic mass is 9.89. The average molecular weight is 445 g/mol. The van der Waals surface area contributed by atoms with Crippen LogP contribution in [0.25, 0.3) is 44.5 Å². The average Bonchev–Trinajstić information content (AvgIpc) is 3.33. The summed E-state index contributed by atoms with van der Waals surface area (Å²) in [6.07, 6.45) is 2.19. The molecular formula is C30H30N2O. The summed E-state index contributed by atoms with van der Waals surface area (Å²) >= 11 is 0. The molecule has 0 aliphatic heterocycles. The Balaban J connectivity index is 1.77. The molecule has 0 unspecified atom stereocenters. The van der Waals surface area contributed by atoms with E-state index < -0.39 is 26.4 Å². The van der Waals surface area contributed by atoms with Crippen LogP contribution in [0.1, 0.15) is 68.7 Å². The first kappa shape index (κ1) is 12.7. The Morgan fingerprint density at radius 3 is 2.55 bits per heavy atom. The summed E-state index contributed by atoms with van der Waals surface area (Å²) in [5.74, 6) is -0.987. The molecule has 0 fully saturated rings. The normalized spacial score (nSPS) is 17.6. The number of para-hydroxylation sites is 1. The maximum Gasteiger partial charge on any atom is 0.227 e. The first-order chi connectivity index (χ1) is 20.0. The van der Waals surface area contributed by atoms with E-state index in [9.17, 15) is 0 Å². The number of aromatic nitrogens is 2. The van der Waals surface area contributed by atoms with Gasteiger partial charge >= 0.3 is 0 Å². The molecule has 166 valence electrons. The van der Waals surface area contributed by atoms with Gasteiger partial charge in [0, 0.05) is 41.9 Å². The fraction of sp³-hybridized carbons (Fsp3) is 0.267. The Morgan fingerprint density at radius 1 is 0.879 bits per heavy atom. The van der Waals surface area contributed by atoms with Gasteiger partial charge < -0.3 is 4.42 Å². The summed E-state index contributed by atoms with van der Waals surface area (Å²) < 4.78 is 87.5. The smallest absolute Gasteiger partial charge is 0.227 e. The van der Waals surface area contributed by atoms with Gasteiger partial charge in [-0.2, -0.15) is 0 Å². The molecule has 0 saturated carbocycles. The quantitative estimate of drug-likeness (QED) is 0.272. The van der Waals surface area contributed by atoms with Crippen molar-refractivity contribution < 1.29 is 18.1 Å². The van der Waals surface area contributed by atoms with Crippen LogP contribution in [0.15, 0.2) is 65.2 Å². The van der Waals surface area contributed by atoms with Gasteiger partial charge in [0.25, 0.3) is 0 Å². The Kier molecular flexibility index (Phi) is 3.26. The Bertz CT molecular complexity index is 1830. The standard InChI is InChI=1S/C30H30N2O/c1-6-21(7-2)22-12-14-23(18(3)15-22)27-16-28(31-17-19(27)4)26-10-8-9-24-25-13-11-20(5)32-30(25)33-29(24)26/h8-17,21H,6-7H2,1-5H3/i3D3,4D3,5D3,21D. The van der Waals surface area contributed by atoms with E-state index in [1.807, 2.05) is 13.8 Å². The summed E-state index contributed by atoms with van der Waals surface area (Å²) in [5, 5.41) is 1.27. The van der Waals surface area contributed by atoms with Crippen molar-refractivity contribution >= 4 is 22.1 Å². The molecule has 5 rings (SSSR count). The largest absolute Gasteiger partial charge is 0.437 e. The van der Waals surface area contributed by atoms with Crippen LogP contribution in [0.4, 0.5) is 0 Å². The molecular weight excluding hydrogens is 404 g/mol. The molecule has 0 aliphatic carbocycles. The third-order valence-electron chi connectivity index (χ3n) is 6.12. The molecule has 0 N–H and O–H groups in total. The zero-order chi connectivity index (χ0) is 31.5. The van der Waals surface area contributed by atoms with Crippen LogP contribution < -0.4 is 0 Å². The fourth-order valence-electron chi connectivity index (χ4n) is 4.36. The van der Waals surface area contributed by atoms with E-state index in [0.717, 1.165) is 0 Å². The number of fused-ring (bicyclic) bond motifs is 3. The van der Waals surface area contributed by atoms with E-state index in [2.05, 4.69) is 9.97 Å². The van der Waals surface area contributed by atoms with Crippen molar-refractivity contribution in [3.05, 3.63) is 83.2 Å². The topological polar surface area (TPSA) is 38.9 Å². The summed E-state index contributed by atoms with van der Waals surface area (Å²) in [7, 11) is 0. The maximum atomic E-state index is 8.86. The number of benzene rings is 2. The first-order valence-corrected chi connectivity index (χ1v) is 11.0. The summed E-state index contributed by atoms with van der Waals surface area (Å²) in [6, 6.07) is 14.7. The number of rotatable bonds is 5. The first-order valence-electron chi connectivity index (χ1n) is 16.0. The highest BCUT2D eigenvalue weighted by molar-refractivity contribution is 6.08. The second-order valence-electron chi connectivity index (χ2n) is 8.02. The van der Waals surface area contributed by atoms with Crippen LogP contribution in [0.3, 0.4) is 0 Å². The molecule has 0 aliphatic rings. The fourth-order valence-corrected chi connectivity index (χ4v) is 4.36. The van der Waals surface area contributed by atoms with Crippen LogP contribution in [0.2, 0.25) is 0 Å². The molecule has 3 heterocycles. The molecule has 2 aromatic carbocycles. The lowest BCUT2D eigenvalue weighted by Gasteiger charge is -2.17. The van der Waals surface area contributed by atoms with Gasteiger partial charge in [-0.25, -0.2) is 4.98 Å². The molecule has 3 aromatic heterocycles. The van der Waals surface area contributed by atoms with Gasteiger partial charge in [0.15, 0.2) is 0 Å². The van der Waals surface area contributed by atoms with Crippen molar-refractivity contribution in [2.24, 2.45) is 0 Å². The van der Waals surface area contributed by atoms with E-state index in [4.69, 9.17) is 18.1 Å². The van der Waals surface area contributed by atoms with Gasteiger partial charge in [-0.15, -0.1) is 0 Å². The highest BCUT2D eigenvalue weighted by atomic mass is 16.3. The van der Waals surface area contributed by atoms with Crippen molar-refractivity contribution in [3.63, 3.8) is 0 Å². The predicted octanol–water partition coefficient (Wildman–Crippen LogP) is 8.54. The highest BCUT2D eigenvalue weighted by Gasteiger charge is 2.16. The summed E-state index contributed by atoms with van der Waals surface area (Å²) in [5.41, 5.74) is 2.04. The van der Waals surface area contributed by atoms with Gasteiger partial charge in [-0.05, 0) is 91.4 Å². The van der Waals surface area contributed by atoms with E-state index in [1.54, 1.807) is 42.5 Å². The summed E-state index contributed by atoms with van der Waals surface area (Å²) in [6.45, 7) is -3.85. The number of nitrogens with zero attached hydrogens (tertiary/aromatic N) is 2. The molecule has 33 heavy (non-hydrogen) atoms. The van der Waals surface area contributed by atoms with Gasteiger partial charge in [0.05, 0.1) is 5.69 Å². The van der Waals surface area contributed by atoms with E-state index in [1.165, 1.54) is 18.3 Å². The molecule has 0 atom stereocenters. The van der Waals surface area contributed by atoms with Crippen molar-refractivity contribution in [1.82, 2.24) is 9.97 Å². The maximum absolute atomic E-state index is 8.86. The third-order valence-corrected chi connectivity index (χ3v) is 6.12. The number of hydrogen-bond donors (Lipinski definition) is 0. The van der Waals surface area contributed by atoms with Gasteiger partial charge in [-0.3, -0.25) is 4.98 Å². The monoisotopic (exact) mass is 444 g/mol. The predicted molar refractivity (Wildman–Crippen MR) is 138 cm³/mol. The van der Waals surface area contributed by atoms with E-state index >= 15 is 0 Å². The zero-order valence-electron chi connectivity index (χ0n) is 28.5. The van der Waals surface area contributed by atoms with Crippen molar-refractivity contribution in [1.29, 1.82) is 0 Å². The van der Waals surface area contributed by atoms with Crippen LogP contribution >= 0.6 is 0 Å². The van der Waals surface area contributed by atoms with Gasteiger partial charge in [0.2, 0.25) is 5.71 Å². The Morgan fingerprint density at radius 2 is 1.76 bits per heavy atom. The minimum absolute atomic E-state index is 0.0467. The molecule has 0 spiro atoms. The highest BCUT2D eigenvalue weighted by Crippen LogP contribution is 2.37. The molecule has 0 saturated heterocycles. The second-order valence-corrected chi connectivity index (χ2v) is 8.02. The lowest BCUT2D eigenvalue weighted by Crippen LogP contribution is -1.98. The molecule has 3 heteroatoms. The summed E-state index contributed by atoms with van der Waals surface area (Å²) in [4.78, 5) is 8.66. The molecule has 3 nitrogen and oxygen atoms in total. The zero-order valence-corrected chi connectivity index (χ0v) is 18.5. The van der Waals surface area contributed by atoms with Crippen LogP contribution in [0, 0.1) is 20.6 Å². The van der Waals surface area contributed by atoms with Gasteiger partial charge in [-0.1, -0.05) is 44.2 Å². The number of aryl methyl sites for hydroxylation is 3. The number of hydrogen-bond acceptors (Lipinski definition) is 3. The number of furan rings is 1. The third kappa shape index (κ3) is 3.72. The molecule has 0 amide bonds. The Hall–Kier alpha value is -3.46. The minimum Gasteiger partial charge on any atom is -0.437 e. The molecule has 5 aromatic rings. The van der Waals surface area contributed by atoms with Crippen molar-refractivity contribution in [3.8, 4) is 22.4 Å². The molecule has 0 radical (unpaired) electrons. The molecule has 0 bridgehead atoms. The number of pyridine rings is 2. The van der Waals surface area contributed by atoms with Crippen molar-refractivity contribution in [2.45, 2.75) is 53.1 Å².